The Kier molecular flexibility index (Phi) is 1.71. The number of hydrogen-bond donors (Lipinski definition) is 1. The molecule has 0 aliphatic heterocycles. The molecule has 1 unspecified atom stereocenters. The molecule has 2 heteroatoms. The molecule has 1 aliphatic rings. The average molecular weight is 141 g/mol. The largest absolute Gasteiger partial charge is 0.411 e. The quantitative estimate of drug-likeness (QED) is 0.407. The first-order valence-electron chi connectivity index (χ1n) is 3.77. The van der Waals surface area contributed by atoms with Crippen LogP contribution in [0.5, 0.6) is 0 Å². The zero-order valence-electron chi connectivity index (χ0n) is 6.89. The molecule has 1 atom stereocenters. The molecule has 2 nitrogen and oxygen atoms in total. The molecule has 10 heavy (non-hydrogen) atoms. The van der Waals surface area contributed by atoms with Crippen molar-refractivity contribution in [1.29, 1.82) is 0 Å². The molecule has 1 rings (SSSR count). The van der Waals surface area contributed by atoms with Crippen LogP contribution in [0, 0.1) is 11.3 Å². The van der Waals surface area contributed by atoms with Crippen molar-refractivity contribution in [3.8, 4) is 0 Å². The van der Waals surface area contributed by atoms with Crippen molar-refractivity contribution in [3.05, 3.63) is 0 Å². The minimum atomic E-state index is 0.133. The van der Waals surface area contributed by atoms with Crippen molar-refractivity contribution < 1.29 is 5.21 Å². The first kappa shape index (κ1) is 7.58. The fourth-order valence-corrected chi connectivity index (χ4v) is 1.84. The van der Waals surface area contributed by atoms with Gasteiger partial charge < -0.3 is 5.21 Å². The summed E-state index contributed by atoms with van der Waals surface area (Å²) in [5.41, 5.74) is 1.09. The summed E-state index contributed by atoms with van der Waals surface area (Å²) in [4.78, 5) is 0. The predicted octanol–water partition coefficient (Wildman–Crippen LogP) is 2.27. The van der Waals surface area contributed by atoms with Crippen molar-refractivity contribution in [2.24, 2.45) is 16.5 Å². The van der Waals surface area contributed by atoms with Gasteiger partial charge in [0.1, 0.15) is 0 Å². The van der Waals surface area contributed by atoms with E-state index < -0.39 is 0 Å². The van der Waals surface area contributed by atoms with Gasteiger partial charge in [0.15, 0.2) is 0 Å². The summed E-state index contributed by atoms with van der Waals surface area (Å²) in [5, 5.41) is 11.9. The van der Waals surface area contributed by atoms with Gasteiger partial charge in [-0.1, -0.05) is 25.9 Å². The van der Waals surface area contributed by atoms with Gasteiger partial charge >= 0.3 is 0 Å². The normalized spacial score (nSPS) is 35.1. The predicted molar refractivity (Wildman–Crippen MR) is 41.4 cm³/mol. The molecular weight excluding hydrogens is 126 g/mol. The molecule has 58 valence electrons. The van der Waals surface area contributed by atoms with Gasteiger partial charge in [0.25, 0.3) is 0 Å². The Balaban J connectivity index is 2.78. The zero-order chi connectivity index (χ0) is 7.78. The average Bonchev–Trinajstić information content (AvgIpc) is 2.04. The SMILES string of the molecule is CC1CC(=NO)C(C)(C)C1. The highest BCUT2D eigenvalue weighted by molar-refractivity contribution is 5.91. The van der Waals surface area contributed by atoms with Crippen LogP contribution in [-0.4, -0.2) is 10.9 Å². The van der Waals surface area contributed by atoms with Crippen LogP contribution in [0.2, 0.25) is 0 Å². The Hall–Kier alpha value is -0.530. The standard InChI is InChI=1S/C8H15NO/c1-6-4-7(9-10)8(2,3)5-6/h6,10H,4-5H2,1-3H3. The minimum Gasteiger partial charge on any atom is -0.411 e. The summed E-state index contributed by atoms with van der Waals surface area (Å²) < 4.78 is 0. The third-order valence-electron chi connectivity index (χ3n) is 2.30. The van der Waals surface area contributed by atoms with Gasteiger partial charge in [-0.05, 0) is 18.8 Å². The van der Waals surface area contributed by atoms with Crippen LogP contribution in [0.4, 0.5) is 0 Å². The molecule has 1 saturated carbocycles. The van der Waals surface area contributed by atoms with E-state index >= 15 is 0 Å². The Bertz CT molecular complexity index is 161. The van der Waals surface area contributed by atoms with Gasteiger partial charge in [0.05, 0.1) is 5.71 Å². The van der Waals surface area contributed by atoms with Crippen LogP contribution in [0.1, 0.15) is 33.6 Å². The number of hydrogen-bond acceptors (Lipinski definition) is 2. The van der Waals surface area contributed by atoms with E-state index in [1.54, 1.807) is 0 Å². The maximum absolute atomic E-state index is 8.61. The lowest BCUT2D eigenvalue weighted by molar-refractivity contribution is 0.310. The van der Waals surface area contributed by atoms with Crippen molar-refractivity contribution in [3.63, 3.8) is 0 Å². The summed E-state index contributed by atoms with van der Waals surface area (Å²) in [6.07, 6.45) is 2.11. The second-order valence-corrected chi connectivity index (χ2v) is 3.94. The van der Waals surface area contributed by atoms with Crippen LogP contribution >= 0.6 is 0 Å². The molecule has 0 aromatic carbocycles. The van der Waals surface area contributed by atoms with E-state index in [1.807, 2.05) is 0 Å². The van der Waals surface area contributed by atoms with Crippen LogP contribution in [-0.2, 0) is 0 Å². The zero-order valence-corrected chi connectivity index (χ0v) is 6.89. The topological polar surface area (TPSA) is 32.6 Å². The highest BCUT2D eigenvalue weighted by atomic mass is 16.4. The third-order valence-corrected chi connectivity index (χ3v) is 2.30. The first-order chi connectivity index (χ1) is 4.56. The molecule has 0 radical (unpaired) electrons. The summed E-state index contributed by atoms with van der Waals surface area (Å²) in [6, 6.07) is 0. The van der Waals surface area contributed by atoms with Gasteiger partial charge in [-0.25, -0.2) is 0 Å². The Morgan fingerprint density at radius 3 is 2.40 bits per heavy atom. The molecule has 0 saturated heterocycles. The van der Waals surface area contributed by atoms with Gasteiger partial charge in [-0.3, -0.25) is 0 Å². The van der Waals surface area contributed by atoms with Crippen molar-refractivity contribution in [2.45, 2.75) is 33.6 Å². The summed E-state index contributed by atoms with van der Waals surface area (Å²) in [7, 11) is 0. The lowest BCUT2D eigenvalue weighted by atomic mass is 9.89. The smallest absolute Gasteiger partial charge is 0.0629 e. The highest BCUT2D eigenvalue weighted by Gasteiger charge is 2.35. The third kappa shape index (κ3) is 1.15. The monoisotopic (exact) mass is 141 g/mol. The first-order valence-corrected chi connectivity index (χ1v) is 3.77. The lowest BCUT2D eigenvalue weighted by Crippen LogP contribution is -2.16. The van der Waals surface area contributed by atoms with Gasteiger partial charge in [0.2, 0.25) is 0 Å². The molecule has 0 amide bonds. The van der Waals surface area contributed by atoms with Crippen molar-refractivity contribution in [1.82, 2.24) is 0 Å². The van der Waals surface area contributed by atoms with E-state index in [9.17, 15) is 0 Å². The second-order valence-electron chi connectivity index (χ2n) is 3.94. The minimum absolute atomic E-state index is 0.133. The van der Waals surface area contributed by atoms with E-state index in [1.165, 1.54) is 0 Å². The van der Waals surface area contributed by atoms with Crippen molar-refractivity contribution >= 4 is 5.71 Å². The van der Waals surface area contributed by atoms with Gasteiger partial charge in [-0.15, -0.1) is 0 Å². The maximum atomic E-state index is 8.61. The molecule has 0 spiro atoms. The van der Waals surface area contributed by atoms with E-state index in [2.05, 4.69) is 25.9 Å². The summed E-state index contributed by atoms with van der Waals surface area (Å²) >= 11 is 0. The fourth-order valence-electron chi connectivity index (χ4n) is 1.84. The molecule has 0 aromatic rings. The van der Waals surface area contributed by atoms with E-state index in [4.69, 9.17) is 5.21 Å². The van der Waals surface area contributed by atoms with E-state index in [0.717, 1.165) is 18.6 Å². The molecule has 0 aromatic heterocycles. The molecule has 1 fully saturated rings. The Labute approximate surface area is 61.9 Å². The fraction of sp³-hybridized carbons (Fsp3) is 0.875. The molecular formula is C8H15NO. The maximum Gasteiger partial charge on any atom is 0.0629 e. The van der Waals surface area contributed by atoms with Crippen LogP contribution in [0.3, 0.4) is 0 Å². The van der Waals surface area contributed by atoms with E-state index in [-0.39, 0.29) is 5.41 Å². The molecule has 1 N–H and O–H groups in total. The number of rotatable bonds is 0. The summed E-state index contributed by atoms with van der Waals surface area (Å²) in [6.45, 7) is 6.46. The lowest BCUT2D eigenvalue weighted by Gasteiger charge is -2.16. The number of nitrogens with zero attached hydrogens (tertiary/aromatic N) is 1. The van der Waals surface area contributed by atoms with Gasteiger partial charge in [0, 0.05) is 5.41 Å². The van der Waals surface area contributed by atoms with Crippen LogP contribution < -0.4 is 0 Å². The molecule has 0 bridgehead atoms. The van der Waals surface area contributed by atoms with Gasteiger partial charge in [-0.2, -0.15) is 0 Å². The van der Waals surface area contributed by atoms with Crippen LogP contribution in [0.15, 0.2) is 5.16 Å². The Morgan fingerprint density at radius 1 is 1.60 bits per heavy atom. The second kappa shape index (κ2) is 2.26. The van der Waals surface area contributed by atoms with E-state index in [0.29, 0.717) is 5.92 Å². The molecule has 0 heterocycles. The Morgan fingerprint density at radius 2 is 2.20 bits per heavy atom. The molecule has 1 aliphatic carbocycles. The summed E-state index contributed by atoms with van der Waals surface area (Å²) in [5.74, 6) is 0.681. The number of oxime groups is 1. The van der Waals surface area contributed by atoms with Crippen molar-refractivity contribution in [2.75, 3.05) is 0 Å². The van der Waals surface area contributed by atoms with Crippen LogP contribution in [0.25, 0.3) is 0 Å². The highest BCUT2D eigenvalue weighted by Crippen LogP contribution is 2.38.